The maximum atomic E-state index is 12.8. The first-order valence-electron chi connectivity index (χ1n) is 13.4. The molecule has 1 heterocycles. The zero-order valence-electron chi connectivity index (χ0n) is 24.7. The summed E-state index contributed by atoms with van der Waals surface area (Å²) in [5, 5.41) is 0.785. The molecule has 0 aromatic carbocycles. The highest BCUT2D eigenvalue weighted by Gasteiger charge is 2.22. The zero-order valence-corrected chi connectivity index (χ0v) is 25.8. The Balaban J connectivity index is 3.34. The van der Waals surface area contributed by atoms with Gasteiger partial charge >= 0.3 is 0 Å². The average Bonchev–Trinajstić information content (AvgIpc) is 2.87. The molecule has 7 heteroatoms. The topological polar surface area (TPSA) is 56.8 Å². The zero-order chi connectivity index (χ0) is 28.8. The number of carbonyl (C=O) groups is 2. The van der Waals surface area contributed by atoms with Gasteiger partial charge in [-0.15, -0.1) is 9.24 Å². The fraction of sp³-hybridized carbons (Fsp3) is 0.452. The molecule has 0 saturated heterocycles. The van der Waals surface area contributed by atoms with Crippen molar-refractivity contribution in [1.29, 1.82) is 0 Å². The Morgan fingerprint density at radius 3 is 2.26 bits per heavy atom. The van der Waals surface area contributed by atoms with Gasteiger partial charge in [0.05, 0.1) is 5.56 Å². The van der Waals surface area contributed by atoms with Crippen LogP contribution in [0.3, 0.4) is 0 Å². The number of likely N-dealkylation sites (N-methyl/N-ethyl adjacent to an activating group) is 2. The van der Waals surface area contributed by atoms with Gasteiger partial charge in [-0.25, -0.2) is 4.98 Å². The molecule has 6 nitrogen and oxygen atoms in total. The van der Waals surface area contributed by atoms with Crippen LogP contribution in [0.5, 0.6) is 0 Å². The van der Waals surface area contributed by atoms with E-state index in [2.05, 4.69) is 70.6 Å². The van der Waals surface area contributed by atoms with Gasteiger partial charge in [-0.3, -0.25) is 19.4 Å². The lowest BCUT2D eigenvalue weighted by molar-refractivity contribution is -0.116. The van der Waals surface area contributed by atoms with Gasteiger partial charge in [0.1, 0.15) is 0 Å². The second kappa shape index (κ2) is 17.0. The van der Waals surface area contributed by atoms with Gasteiger partial charge < -0.3 is 4.90 Å². The van der Waals surface area contributed by atoms with Crippen LogP contribution in [0.2, 0.25) is 0 Å². The van der Waals surface area contributed by atoms with Crippen LogP contribution >= 0.6 is 9.24 Å². The Bertz CT molecular complexity index is 1100. The molecule has 38 heavy (non-hydrogen) atoms. The molecular formula is C31H47N4O2P. The first-order chi connectivity index (χ1) is 18.0. The van der Waals surface area contributed by atoms with Crippen LogP contribution in [-0.4, -0.2) is 66.2 Å². The van der Waals surface area contributed by atoms with Crippen LogP contribution in [-0.2, 0) is 4.79 Å². The van der Waals surface area contributed by atoms with Gasteiger partial charge in [0, 0.05) is 38.5 Å². The first kappa shape index (κ1) is 33.4. The summed E-state index contributed by atoms with van der Waals surface area (Å²) in [7, 11) is 4.70. The number of rotatable bonds is 15. The van der Waals surface area contributed by atoms with Crippen molar-refractivity contribution in [2.45, 2.75) is 54.9 Å². The molecule has 1 unspecified atom stereocenters. The number of amides is 1. The van der Waals surface area contributed by atoms with E-state index in [4.69, 9.17) is 0 Å². The maximum Gasteiger partial charge on any atom is 0.229 e. The minimum absolute atomic E-state index is 0.144. The van der Waals surface area contributed by atoms with Gasteiger partial charge in [-0.05, 0) is 75.9 Å². The molecule has 0 N–H and O–H groups in total. The summed E-state index contributed by atoms with van der Waals surface area (Å²) < 4.78 is 0. The summed E-state index contributed by atoms with van der Waals surface area (Å²) in [5.74, 6) is -0.0175. The third-order valence-electron chi connectivity index (χ3n) is 6.31. The molecule has 0 aliphatic carbocycles. The third-order valence-corrected chi connectivity index (χ3v) is 6.63. The number of anilines is 1. The molecule has 0 spiro atoms. The van der Waals surface area contributed by atoms with Crippen molar-refractivity contribution in [2.75, 3.05) is 44.7 Å². The SMILES string of the molecule is C=CC(=C\C=C(/C)CN(CC)CCN(C)CC)/C(C)=C/C(=C\CC)N(C(C)=O)c1ncc(P)cc1C(C)=O. The number of hydrogen-bond acceptors (Lipinski definition) is 5. The molecule has 1 amide bonds. The van der Waals surface area contributed by atoms with Gasteiger partial charge in [-0.2, -0.15) is 0 Å². The van der Waals surface area contributed by atoms with E-state index in [1.165, 1.54) is 24.3 Å². The van der Waals surface area contributed by atoms with E-state index in [9.17, 15) is 9.59 Å². The second-order valence-corrected chi connectivity index (χ2v) is 10.2. The molecule has 0 aliphatic heterocycles. The molecule has 208 valence electrons. The number of aromatic nitrogens is 1. The lowest BCUT2D eigenvalue weighted by Crippen LogP contribution is -2.34. The Labute approximate surface area is 233 Å². The van der Waals surface area contributed by atoms with Gasteiger partial charge in [0.25, 0.3) is 0 Å². The van der Waals surface area contributed by atoms with Gasteiger partial charge in [0.15, 0.2) is 11.6 Å². The van der Waals surface area contributed by atoms with Crippen molar-refractivity contribution >= 4 is 32.1 Å². The number of carbonyl (C=O) groups excluding carboxylic acids is 2. The Morgan fingerprint density at radius 1 is 1.05 bits per heavy atom. The van der Waals surface area contributed by atoms with Crippen LogP contribution in [0.15, 0.2) is 71.6 Å². The monoisotopic (exact) mass is 538 g/mol. The molecule has 0 saturated carbocycles. The minimum atomic E-state index is -0.214. The van der Waals surface area contributed by atoms with Crippen molar-refractivity contribution in [3.63, 3.8) is 0 Å². The molecule has 0 radical (unpaired) electrons. The summed E-state index contributed by atoms with van der Waals surface area (Å²) in [6.07, 6.45) is 12.3. The number of Topliss-reactive ketones (excluding diaryl/α,β-unsaturated/α-hetero) is 1. The molecule has 1 aromatic heterocycles. The standard InChI is InChI=1S/C31H47N4O2P/c1-10-14-28(35(26(8)37)31-30(25(7)36)20-29(38)21-32-31)19-24(6)27(11-2)16-15-23(5)22-34(13-4)18-17-33(9)12-3/h11,14-16,19-21H,2,10,12-13,17-18,22,38H2,1,3-9H3/b23-15+,24-19+,27-16+,28-14+. The number of allylic oxidation sites excluding steroid dienone is 7. The summed E-state index contributed by atoms with van der Waals surface area (Å²) in [5.41, 5.74) is 4.27. The lowest BCUT2D eigenvalue weighted by atomic mass is 10.0. The lowest BCUT2D eigenvalue weighted by Gasteiger charge is -2.24. The normalized spacial score (nSPS) is 13.3. The van der Waals surface area contributed by atoms with E-state index < -0.39 is 0 Å². The number of hydrogen-bond donors (Lipinski definition) is 0. The summed E-state index contributed by atoms with van der Waals surface area (Å²) in [6, 6.07) is 1.74. The van der Waals surface area contributed by atoms with E-state index in [1.54, 1.807) is 12.3 Å². The Morgan fingerprint density at radius 2 is 1.74 bits per heavy atom. The average molecular weight is 539 g/mol. The predicted molar refractivity (Wildman–Crippen MR) is 166 cm³/mol. The highest BCUT2D eigenvalue weighted by Crippen LogP contribution is 2.25. The quantitative estimate of drug-likeness (QED) is 0.163. The highest BCUT2D eigenvalue weighted by atomic mass is 31.0. The van der Waals surface area contributed by atoms with E-state index in [1.807, 2.05) is 32.1 Å². The molecule has 0 fully saturated rings. The summed E-state index contributed by atoms with van der Waals surface area (Å²) >= 11 is 0. The van der Waals surface area contributed by atoms with E-state index in [-0.39, 0.29) is 11.7 Å². The van der Waals surface area contributed by atoms with Crippen LogP contribution in [0.1, 0.15) is 65.2 Å². The van der Waals surface area contributed by atoms with Crippen molar-refractivity contribution in [3.8, 4) is 0 Å². The van der Waals surface area contributed by atoms with Gasteiger partial charge in [-0.1, -0.05) is 57.2 Å². The second-order valence-electron chi connectivity index (χ2n) is 9.52. The highest BCUT2D eigenvalue weighted by molar-refractivity contribution is 7.27. The fourth-order valence-electron chi connectivity index (χ4n) is 3.91. The summed E-state index contributed by atoms with van der Waals surface area (Å²) in [6.45, 7) is 22.6. The smallest absolute Gasteiger partial charge is 0.229 e. The van der Waals surface area contributed by atoms with Crippen LogP contribution < -0.4 is 10.2 Å². The van der Waals surface area contributed by atoms with Crippen molar-refractivity contribution < 1.29 is 9.59 Å². The predicted octanol–water partition coefficient (Wildman–Crippen LogP) is 5.71. The third kappa shape index (κ3) is 10.6. The van der Waals surface area contributed by atoms with Crippen LogP contribution in [0, 0.1) is 0 Å². The van der Waals surface area contributed by atoms with E-state index in [0.717, 1.165) is 49.2 Å². The van der Waals surface area contributed by atoms with Crippen molar-refractivity contribution in [2.24, 2.45) is 0 Å². The maximum absolute atomic E-state index is 12.8. The first-order valence-corrected chi connectivity index (χ1v) is 13.9. The van der Waals surface area contributed by atoms with Crippen molar-refractivity contribution in [3.05, 3.63) is 77.2 Å². The Hall–Kier alpha value is -2.66. The van der Waals surface area contributed by atoms with E-state index >= 15 is 0 Å². The van der Waals surface area contributed by atoms with Crippen LogP contribution in [0.25, 0.3) is 0 Å². The molecule has 1 rings (SSSR count). The van der Waals surface area contributed by atoms with Crippen molar-refractivity contribution in [1.82, 2.24) is 14.8 Å². The number of nitrogens with zero attached hydrogens (tertiary/aromatic N) is 4. The Kier molecular flexibility index (Phi) is 15.0. The fourth-order valence-corrected chi connectivity index (χ4v) is 4.15. The molecule has 0 aliphatic rings. The molecular weight excluding hydrogens is 491 g/mol. The number of pyridine rings is 1. The van der Waals surface area contributed by atoms with Crippen LogP contribution in [0.4, 0.5) is 5.82 Å². The minimum Gasteiger partial charge on any atom is -0.305 e. The van der Waals surface area contributed by atoms with Gasteiger partial charge in [0.2, 0.25) is 5.91 Å². The molecule has 1 atom stereocenters. The summed E-state index contributed by atoms with van der Waals surface area (Å²) in [4.78, 5) is 36.0. The number of ketones is 1. The largest absolute Gasteiger partial charge is 0.305 e. The van der Waals surface area contributed by atoms with E-state index in [0.29, 0.717) is 23.5 Å². The molecule has 1 aromatic rings. The molecule has 0 bridgehead atoms.